The van der Waals surface area contributed by atoms with Crippen molar-refractivity contribution in [3.63, 3.8) is 0 Å². The summed E-state index contributed by atoms with van der Waals surface area (Å²) in [6, 6.07) is 16.8. The van der Waals surface area contributed by atoms with Crippen molar-refractivity contribution in [2.45, 2.75) is 6.54 Å². The van der Waals surface area contributed by atoms with Crippen molar-refractivity contribution >= 4 is 29.4 Å². The van der Waals surface area contributed by atoms with Crippen LogP contribution in [0.4, 0.5) is 21.0 Å². The second-order valence-corrected chi connectivity index (χ2v) is 7.40. The number of nitrogens with one attached hydrogen (secondary N) is 3. The third kappa shape index (κ3) is 5.80. The van der Waals surface area contributed by atoms with Gasteiger partial charge in [0.15, 0.2) is 0 Å². The molecule has 174 valence electrons. The molecule has 0 unspecified atom stereocenters. The zero-order chi connectivity index (χ0) is 23.9. The zero-order valence-corrected chi connectivity index (χ0v) is 18.4. The van der Waals surface area contributed by atoms with Crippen LogP contribution in [0.2, 0.25) is 0 Å². The fourth-order valence-electron chi connectivity index (χ4n) is 3.28. The molecule has 10 heteroatoms. The average molecular weight is 461 g/mol. The normalized spacial score (nSPS) is 12.6. The Morgan fingerprint density at radius 2 is 1.79 bits per heavy atom. The van der Waals surface area contributed by atoms with Crippen molar-refractivity contribution in [3.8, 4) is 11.5 Å². The summed E-state index contributed by atoms with van der Waals surface area (Å²) in [5.74, 6) is 0.609. The predicted octanol–water partition coefficient (Wildman–Crippen LogP) is 3.83. The number of ether oxygens (including phenoxy) is 2. The Labute approximate surface area is 195 Å². The first-order chi connectivity index (χ1) is 16.5. The van der Waals surface area contributed by atoms with Crippen molar-refractivity contribution < 1.29 is 23.9 Å². The smallest absolute Gasteiger partial charge is 0.410 e. The van der Waals surface area contributed by atoms with Crippen molar-refractivity contribution in [2.75, 3.05) is 30.8 Å². The molecular formula is C24H23N5O5. The van der Waals surface area contributed by atoms with E-state index < -0.39 is 6.03 Å². The number of carbonyl (C=O) groups excluding carboxylic acids is 3. The number of pyridine rings is 1. The number of aromatic nitrogens is 1. The molecule has 0 atom stereocenters. The summed E-state index contributed by atoms with van der Waals surface area (Å²) in [4.78, 5) is 41.4. The summed E-state index contributed by atoms with van der Waals surface area (Å²) in [5, 5.41) is 8.04. The first-order valence-corrected chi connectivity index (χ1v) is 10.5. The maximum Gasteiger partial charge on any atom is 0.410 e. The molecule has 1 aliphatic heterocycles. The Kier molecular flexibility index (Phi) is 6.87. The lowest BCUT2D eigenvalue weighted by molar-refractivity contribution is 0.0957. The number of rotatable bonds is 7. The Hall–Kier alpha value is -4.60. The van der Waals surface area contributed by atoms with E-state index in [0.29, 0.717) is 42.6 Å². The Morgan fingerprint density at radius 3 is 2.53 bits per heavy atom. The van der Waals surface area contributed by atoms with Gasteiger partial charge in [0, 0.05) is 43.3 Å². The minimum Gasteiger partial charge on any atom is -0.457 e. The molecule has 3 aromatic rings. The van der Waals surface area contributed by atoms with E-state index in [2.05, 4.69) is 20.9 Å². The molecule has 2 heterocycles. The average Bonchev–Trinajstić information content (AvgIpc) is 3.24. The highest BCUT2D eigenvalue weighted by Gasteiger charge is 2.21. The van der Waals surface area contributed by atoms with E-state index in [1.807, 2.05) is 12.1 Å². The van der Waals surface area contributed by atoms with E-state index in [9.17, 15) is 14.4 Å². The number of hydrogen-bond donors (Lipinski definition) is 3. The predicted molar refractivity (Wildman–Crippen MR) is 125 cm³/mol. The van der Waals surface area contributed by atoms with Crippen LogP contribution >= 0.6 is 0 Å². The number of urea groups is 1. The van der Waals surface area contributed by atoms with E-state index in [1.54, 1.807) is 47.4 Å². The van der Waals surface area contributed by atoms with Crippen LogP contribution < -0.4 is 20.7 Å². The molecule has 4 amide bonds. The Bertz CT molecular complexity index is 1200. The number of cyclic esters (lactones) is 1. The highest BCUT2D eigenvalue weighted by molar-refractivity contribution is 5.99. The highest BCUT2D eigenvalue weighted by atomic mass is 16.6. The van der Waals surface area contributed by atoms with Crippen molar-refractivity contribution in [1.82, 2.24) is 15.2 Å². The third-order valence-corrected chi connectivity index (χ3v) is 4.95. The molecule has 0 aliphatic carbocycles. The van der Waals surface area contributed by atoms with Gasteiger partial charge in [-0.05, 0) is 35.9 Å². The minimum absolute atomic E-state index is 0.236. The summed E-state index contributed by atoms with van der Waals surface area (Å²) in [6.45, 7) is 1.44. The quantitative estimate of drug-likeness (QED) is 0.492. The van der Waals surface area contributed by atoms with E-state index in [0.717, 1.165) is 5.56 Å². The standard InChI is InChI=1S/C24H23N5O5/c1-25-22(30)21-14-20(9-10-26-21)34-19-4-2-3-18(13-19)28-23(31)27-17-7-5-16(6-8-17)15-29-11-12-33-24(29)32/h2-10,13-14H,11-12,15H2,1H3,(H,25,30)(H2,27,28,31). The van der Waals surface area contributed by atoms with E-state index in [-0.39, 0.29) is 17.7 Å². The lowest BCUT2D eigenvalue weighted by Gasteiger charge is -2.13. The lowest BCUT2D eigenvalue weighted by Crippen LogP contribution is -2.23. The second kappa shape index (κ2) is 10.3. The summed E-state index contributed by atoms with van der Waals surface area (Å²) in [7, 11) is 1.53. The molecule has 1 aliphatic rings. The summed E-state index contributed by atoms with van der Waals surface area (Å²) < 4.78 is 10.7. The molecule has 4 rings (SSSR count). The number of hydrogen-bond acceptors (Lipinski definition) is 6. The Balaban J connectivity index is 1.33. The van der Waals surface area contributed by atoms with Crippen LogP contribution in [0.3, 0.4) is 0 Å². The largest absolute Gasteiger partial charge is 0.457 e. The maximum absolute atomic E-state index is 12.4. The molecule has 1 saturated heterocycles. The lowest BCUT2D eigenvalue weighted by atomic mass is 10.2. The summed E-state index contributed by atoms with van der Waals surface area (Å²) >= 11 is 0. The third-order valence-electron chi connectivity index (χ3n) is 4.95. The fourth-order valence-corrected chi connectivity index (χ4v) is 3.28. The zero-order valence-electron chi connectivity index (χ0n) is 18.4. The van der Waals surface area contributed by atoms with Crippen LogP contribution in [0.15, 0.2) is 66.9 Å². The van der Waals surface area contributed by atoms with Gasteiger partial charge >= 0.3 is 12.1 Å². The van der Waals surface area contributed by atoms with Crippen LogP contribution in [-0.4, -0.2) is 48.1 Å². The van der Waals surface area contributed by atoms with Crippen LogP contribution in [0.1, 0.15) is 16.1 Å². The number of carbonyl (C=O) groups is 3. The highest BCUT2D eigenvalue weighted by Crippen LogP contribution is 2.24. The van der Waals surface area contributed by atoms with E-state index in [4.69, 9.17) is 9.47 Å². The van der Waals surface area contributed by atoms with Gasteiger partial charge in [0.05, 0.1) is 6.54 Å². The molecule has 34 heavy (non-hydrogen) atoms. The molecule has 3 N–H and O–H groups in total. The van der Waals surface area contributed by atoms with Gasteiger partial charge in [-0.2, -0.15) is 0 Å². The van der Waals surface area contributed by atoms with Gasteiger partial charge in [0.1, 0.15) is 23.8 Å². The number of nitrogens with zero attached hydrogens (tertiary/aromatic N) is 2. The van der Waals surface area contributed by atoms with Gasteiger partial charge in [-0.3, -0.25) is 9.78 Å². The molecule has 0 radical (unpaired) electrons. The van der Waals surface area contributed by atoms with E-state index >= 15 is 0 Å². The van der Waals surface area contributed by atoms with Gasteiger partial charge in [-0.1, -0.05) is 18.2 Å². The van der Waals surface area contributed by atoms with Gasteiger partial charge in [-0.25, -0.2) is 9.59 Å². The van der Waals surface area contributed by atoms with Crippen molar-refractivity contribution in [3.05, 3.63) is 78.1 Å². The minimum atomic E-state index is -0.418. The van der Waals surface area contributed by atoms with Gasteiger partial charge in [0.25, 0.3) is 5.91 Å². The molecule has 1 fully saturated rings. The second-order valence-electron chi connectivity index (χ2n) is 7.40. The fraction of sp³-hybridized carbons (Fsp3) is 0.167. The molecule has 1 aromatic heterocycles. The number of anilines is 2. The molecule has 0 saturated carbocycles. The molecule has 0 bridgehead atoms. The maximum atomic E-state index is 12.4. The molecule has 2 aromatic carbocycles. The van der Waals surface area contributed by atoms with Crippen LogP contribution in [-0.2, 0) is 11.3 Å². The van der Waals surface area contributed by atoms with Gasteiger partial charge < -0.3 is 30.3 Å². The molecule has 10 nitrogen and oxygen atoms in total. The SMILES string of the molecule is CNC(=O)c1cc(Oc2cccc(NC(=O)Nc3ccc(CN4CCOC4=O)cc3)c2)ccn1. The molecular weight excluding hydrogens is 438 g/mol. The van der Waals surface area contributed by atoms with Gasteiger partial charge in [-0.15, -0.1) is 0 Å². The molecule has 0 spiro atoms. The van der Waals surface area contributed by atoms with Gasteiger partial charge in [0.2, 0.25) is 0 Å². The van der Waals surface area contributed by atoms with Crippen LogP contribution in [0, 0.1) is 0 Å². The summed E-state index contributed by atoms with van der Waals surface area (Å²) in [5.41, 5.74) is 2.31. The Morgan fingerprint density at radius 1 is 1.03 bits per heavy atom. The number of amides is 4. The topological polar surface area (TPSA) is 122 Å². The first-order valence-electron chi connectivity index (χ1n) is 10.5. The summed E-state index contributed by atoms with van der Waals surface area (Å²) in [6.07, 6.45) is 1.17. The monoisotopic (exact) mass is 461 g/mol. The number of benzene rings is 2. The van der Waals surface area contributed by atoms with Crippen molar-refractivity contribution in [2.24, 2.45) is 0 Å². The van der Waals surface area contributed by atoms with E-state index in [1.165, 1.54) is 19.3 Å². The van der Waals surface area contributed by atoms with Crippen LogP contribution in [0.25, 0.3) is 0 Å². The first kappa shape index (κ1) is 22.6. The van der Waals surface area contributed by atoms with Crippen LogP contribution in [0.5, 0.6) is 11.5 Å². The van der Waals surface area contributed by atoms with Crippen molar-refractivity contribution in [1.29, 1.82) is 0 Å².